The van der Waals surface area contributed by atoms with Gasteiger partial charge in [0, 0.05) is 41.3 Å². The van der Waals surface area contributed by atoms with Crippen LogP contribution in [0.5, 0.6) is 5.75 Å². The fourth-order valence-electron chi connectivity index (χ4n) is 6.24. The normalized spacial score (nSPS) is 21.7. The molecule has 2 aromatic rings. The smallest absolute Gasteiger partial charge is 0.306 e. The molecule has 4 N–H and O–H groups in total. The molecule has 0 aromatic heterocycles. The zero-order valence-electron chi connectivity index (χ0n) is 25.0. The van der Waals surface area contributed by atoms with Crippen LogP contribution in [0.2, 0.25) is 0 Å². The maximum Gasteiger partial charge on any atom is 0.306 e. The molecule has 1 aliphatic heterocycles. The largest absolute Gasteiger partial charge is 0.508 e. The lowest BCUT2D eigenvalue weighted by Crippen LogP contribution is -2.59. The number of hydrogen-bond acceptors (Lipinski definition) is 8. The molecule has 1 heterocycles. The summed E-state index contributed by atoms with van der Waals surface area (Å²) in [4.78, 5) is 53.9. The van der Waals surface area contributed by atoms with E-state index in [1.54, 1.807) is 19.1 Å². The van der Waals surface area contributed by atoms with Crippen LogP contribution >= 0.6 is 11.8 Å². The highest BCUT2D eigenvalue weighted by Gasteiger charge is 2.41. The van der Waals surface area contributed by atoms with Crippen LogP contribution < -0.4 is 11.1 Å². The molecule has 1 saturated carbocycles. The second kappa shape index (κ2) is 15.4. The first-order valence-electron chi connectivity index (χ1n) is 15.1. The van der Waals surface area contributed by atoms with Crippen LogP contribution in [0.4, 0.5) is 0 Å². The number of amides is 2. The number of phenolic OH excluding ortho intramolecular Hbond substituents is 1. The van der Waals surface area contributed by atoms with E-state index >= 15 is 0 Å². The molecule has 2 fully saturated rings. The Hall–Kier alpha value is -3.37. The van der Waals surface area contributed by atoms with Crippen LogP contribution in [0.25, 0.3) is 0 Å². The predicted octanol–water partition coefficient (Wildman–Crippen LogP) is 4.24. The molecule has 10 heteroatoms. The number of hydrogen-bond donors (Lipinski definition) is 3. The lowest BCUT2D eigenvalue weighted by Gasteiger charge is -2.46. The standard InChI is InChI=1S/C33H43N3O6S/c1-21(37)15-16-31(39)42-30(19-36-18-24-10-7-6-9-23(24)17-28(36)32(34)40)27(20-43-25-11-4-3-5-12-25)35-33(41)26-13-8-14-29(38)22(26)2/h3-5,8,11-14,23-24,27-28,30,38H,6-7,9-10,15-20H2,1-2H3,(H2,34,40)(H,35,41)/t23-,24+,27-,28-,30+/m0/s1. The molecular formula is C33H43N3O6S. The number of piperidine rings is 1. The van der Waals surface area contributed by atoms with Gasteiger partial charge >= 0.3 is 5.97 Å². The zero-order valence-corrected chi connectivity index (χ0v) is 25.8. The van der Waals surface area contributed by atoms with Crippen molar-refractivity contribution >= 4 is 35.3 Å². The van der Waals surface area contributed by atoms with E-state index in [0.717, 1.165) is 30.6 Å². The lowest BCUT2D eigenvalue weighted by atomic mass is 9.72. The number of fused-ring (bicyclic) bond motifs is 1. The predicted molar refractivity (Wildman–Crippen MR) is 166 cm³/mol. The fraction of sp³-hybridized carbons (Fsp3) is 0.515. The minimum absolute atomic E-state index is 0.00900. The molecule has 43 heavy (non-hydrogen) atoms. The molecular weight excluding hydrogens is 566 g/mol. The average Bonchev–Trinajstić information content (AvgIpc) is 2.99. The van der Waals surface area contributed by atoms with Crippen LogP contribution in [-0.4, -0.2) is 70.6 Å². The summed E-state index contributed by atoms with van der Waals surface area (Å²) in [6.07, 6.45) is 4.30. The van der Waals surface area contributed by atoms with Crippen LogP contribution in [-0.2, 0) is 19.1 Å². The Balaban J connectivity index is 1.64. The van der Waals surface area contributed by atoms with Gasteiger partial charge in [0.25, 0.3) is 5.91 Å². The molecule has 9 nitrogen and oxygen atoms in total. The Labute approximate surface area is 257 Å². The monoisotopic (exact) mass is 609 g/mol. The van der Waals surface area contributed by atoms with E-state index in [2.05, 4.69) is 5.32 Å². The van der Waals surface area contributed by atoms with Gasteiger partial charge in [-0.15, -0.1) is 11.8 Å². The highest BCUT2D eigenvalue weighted by atomic mass is 32.2. The summed E-state index contributed by atoms with van der Waals surface area (Å²) in [6.45, 7) is 3.97. The lowest BCUT2D eigenvalue weighted by molar-refractivity contribution is -0.153. The minimum Gasteiger partial charge on any atom is -0.508 e. The van der Waals surface area contributed by atoms with Gasteiger partial charge in [0.15, 0.2) is 0 Å². The van der Waals surface area contributed by atoms with E-state index in [9.17, 15) is 24.3 Å². The molecule has 1 saturated heterocycles. The number of nitrogens with one attached hydrogen (secondary N) is 1. The SMILES string of the molecule is CC(=O)CCC(=O)O[C@H](CN1C[C@H]2CCCC[C@H]2C[C@H]1C(N)=O)[C@H](CSc1ccccc1)NC(=O)c1cccc(O)c1C. The summed E-state index contributed by atoms with van der Waals surface area (Å²) in [7, 11) is 0. The molecule has 2 aromatic carbocycles. The summed E-state index contributed by atoms with van der Waals surface area (Å²) in [5.41, 5.74) is 6.67. The van der Waals surface area contributed by atoms with E-state index < -0.39 is 36.0 Å². The third-order valence-corrected chi connectivity index (χ3v) is 9.83. The number of benzene rings is 2. The molecule has 0 spiro atoms. The maximum atomic E-state index is 13.6. The van der Waals surface area contributed by atoms with Gasteiger partial charge in [0.1, 0.15) is 17.6 Å². The van der Waals surface area contributed by atoms with E-state index in [1.165, 1.54) is 24.8 Å². The number of nitrogens with two attached hydrogens (primary N) is 1. The average molecular weight is 610 g/mol. The van der Waals surface area contributed by atoms with Crippen molar-refractivity contribution < 1.29 is 29.0 Å². The van der Waals surface area contributed by atoms with Crippen molar-refractivity contribution in [2.75, 3.05) is 18.8 Å². The Morgan fingerprint density at radius 1 is 1.05 bits per heavy atom. The van der Waals surface area contributed by atoms with Gasteiger partial charge in [0.2, 0.25) is 5.91 Å². The van der Waals surface area contributed by atoms with Gasteiger partial charge in [-0.05, 0) is 62.8 Å². The molecule has 0 bridgehead atoms. The highest BCUT2D eigenvalue weighted by Crippen LogP contribution is 2.39. The van der Waals surface area contributed by atoms with Crippen LogP contribution in [0.15, 0.2) is 53.4 Å². The number of nitrogens with zero attached hydrogens (tertiary/aromatic N) is 1. The first-order chi connectivity index (χ1) is 20.6. The van der Waals surface area contributed by atoms with Crippen LogP contribution in [0.1, 0.15) is 67.8 Å². The van der Waals surface area contributed by atoms with E-state index in [1.807, 2.05) is 35.2 Å². The summed E-state index contributed by atoms with van der Waals surface area (Å²) < 4.78 is 6.05. The molecule has 0 radical (unpaired) electrons. The summed E-state index contributed by atoms with van der Waals surface area (Å²) >= 11 is 1.51. The number of phenols is 1. The number of rotatable bonds is 13. The van der Waals surface area contributed by atoms with Crippen molar-refractivity contribution in [3.63, 3.8) is 0 Å². The number of ketones is 1. The summed E-state index contributed by atoms with van der Waals surface area (Å²) in [5.74, 6) is -0.216. The van der Waals surface area contributed by atoms with Gasteiger partial charge in [-0.2, -0.15) is 0 Å². The van der Waals surface area contributed by atoms with Crippen molar-refractivity contribution in [3.8, 4) is 5.75 Å². The minimum atomic E-state index is -0.820. The first kappa shape index (κ1) is 32.5. The highest BCUT2D eigenvalue weighted by molar-refractivity contribution is 7.99. The van der Waals surface area contributed by atoms with Gasteiger partial charge in [0.05, 0.1) is 18.5 Å². The quantitative estimate of drug-likeness (QED) is 0.226. The number of likely N-dealkylation sites (tertiary alicyclic amines) is 1. The van der Waals surface area contributed by atoms with Crippen molar-refractivity contribution in [2.24, 2.45) is 17.6 Å². The number of thioether (sulfide) groups is 1. The van der Waals surface area contributed by atoms with Crippen LogP contribution in [0, 0.1) is 18.8 Å². The number of Topliss-reactive ketones (excluding diaryl/α,β-unsaturated/α-hetero) is 1. The van der Waals surface area contributed by atoms with Gasteiger partial charge in [-0.3, -0.25) is 19.3 Å². The van der Waals surface area contributed by atoms with Crippen molar-refractivity contribution in [1.29, 1.82) is 0 Å². The molecule has 2 aliphatic rings. The van der Waals surface area contributed by atoms with Crippen molar-refractivity contribution in [3.05, 3.63) is 59.7 Å². The van der Waals surface area contributed by atoms with Gasteiger partial charge < -0.3 is 25.7 Å². The molecule has 232 valence electrons. The summed E-state index contributed by atoms with van der Waals surface area (Å²) in [5, 5.41) is 13.3. The molecule has 5 atom stereocenters. The number of carbonyl (C=O) groups is 4. The van der Waals surface area contributed by atoms with Gasteiger partial charge in [-0.1, -0.05) is 43.5 Å². The number of carbonyl (C=O) groups excluding carboxylic acids is 4. The Morgan fingerprint density at radius 3 is 2.47 bits per heavy atom. The van der Waals surface area contributed by atoms with E-state index in [4.69, 9.17) is 10.5 Å². The van der Waals surface area contributed by atoms with Gasteiger partial charge in [-0.25, -0.2) is 0 Å². The second-order valence-electron chi connectivity index (χ2n) is 11.8. The number of primary amides is 1. The number of esters is 1. The van der Waals surface area contributed by atoms with E-state index in [0.29, 0.717) is 41.7 Å². The molecule has 0 unspecified atom stereocenters. The third kappa shape index (κ3) is 9.06. The Morgan fingerprint density at radius 2 is 1.77 bits per heavy atom. The zero-order chi connectivity index (χ0) is 30.9. The summed E-state index contributed by atoms with van der Waals surface area (Å²) in [6, 6.07) is 13.3. The van der Waals surface area contributed by atoms with E-state index in [-0.39, 0.29) is 30.9 Å². The maximum absolute atomic E-state index is 13.6. The second-order valence-corrected chi connectivity index (χ2v) is 12.9. The number of ether oxygens (including phenoxy) is 1. The number of aromatic hydroxyl groups is 1. The molecule has 1 aliphatic carbocycles. The van der Waals surface area contributed by atoms with Crippen molar-refractivity contribution in [1.82, 2.24) is 10.2 Å². The Bertz CT molecular complexity index is 1290. The molecule has 4 rings (SSSR count). The Kier molecular flexibility index (Phi) is 11.6. The van der Waals surface area contributed by atoms with Crippen molar-refractivity contribution in [2.45, 2.75) is 81.9 Å². The molecule has 2 amide bonds. The van der Waals surface area contributed by atoms with Crippen LogP contribution in [0.3, 0.4) is 0 Å². The topological polar surface area (TPSA) is 139 Å². The fourth-order valence-corrected chi connectivity index (χ4v) is 7.26. The third-order valence-electron chi connectivity index (χ3n) is 8.70. The first-order valence-corrected chi connectivity index (χ1v) is 16.1.